The number of fused-ring (bicyclic) bond motifs is 1. The fourth-order valence-electron chi connectivity index (χ4n) is 5.04. The summed E-state index contributed by atoms with van der Waals surface area (Å²) in [6, 6.07) is 1.95. The number of aromatic nitrogens is 3. The van der Waals surface area contributed by atoms with Gasteiger partial charge in [-0.2, -0.15) is 17.0 Å². The molecular weight excluding hydrogens is 454 g/mol. The number of H-pyrrole nitrogens is 1. The highest BCUT2D eigenvalue weighted by atomic mass is 32.2. The summed E-state index contributed by atoms with van der Waals surface area (Å²) in [6.07, 6.45) is 6.88. The molecule has 176 valence electrons. The van der Waals surface area contributed by atoms with Gasteiger partial charge in [0, 0.05) is 52.5 Å². The topological polar surface area (TPSA) is 123 Å². The lowest BCUT2D eigenvalue weighted by molar-refractivity contribution is 0.245. The molecule has 2 aromatic rings. The largest absolute Gasteiger partial charge is 0.353 e. The number of hydrogen-bond donors (Lipinski definition) is 1. The summed E-state index contributed by atoms with van der Waals surface area (Å²) in [5.74, 6) is 0.837. The van der Waals surface area contributed by atoms with Gasteiger partial charge in [0.05, 0.1) is 17.2 Å². The van der Waals surface area contributed by atoms with Gasteiger partial charge in [0.2, 0.25) is 10.0 Å². The van der Waals surface area contributed by atoms with Crippen LogP contribution in [0.3, 0.4) is 0 Å². The van der Waals surface area contributed by atoms with E-state index in [1.165, 1.54) is 21.2 Å². The lowest BCUT2D eigenvalue weighted by atomic mass is 10.1. The second kappa shape index (κ2) is 7.62. The van der Waals surface area contributed by atoms with E-state index in [-0.39, 0.29) is 5.92 Å². The molecule has 1 aliphatic carbocycles. The van der Waals surface area contributed by atoms with Gasteiger partial charge in [-0.25, -0.2) is 22.7 Å². The predicted octanol–water partition coefficient (Wildman–Crippen LogP) is 0.0706. The van der Waals surface area contributed by atoms with Crippen LogP contribution in [0, 0.1) is 5.92 Å². The van der Waals surface area contributed by atoms with Crippen LogP contribution in [0.25, 0.3) is 11.0 Å². The average molecular weight is 484 g/mol. The van der Waals surface area contributed by atoms with E-state index in [2.05, 4.69) is 19.9 Å². The molecule has 13 heteroatoms. The highest BCUT2D eigenvalue weighted by Gasteiger charge is 2.57. The molecule has 0 aromatic carbocycles. The maximum Gasteiger partial charge on any atom is 0.282 e. The summed E-state index contributed by atoms with van der Waals surface area (Å²) in [5.41, 5.74) is 0.363. The van der Waals surface area contributed by atoms with Gasteiger partial charge >= 0.3 is 0 Å². The zero-order valence-corrected chi connectivity index (χ0v) is 19.9. The van der Waals surface area contributed by atoms with Gasteiger partial charge < -0.3 is 9.88 Å². The first-order valence-electron chi connectivity index (χ1n) is 10.8. The van der Waals surface area contributed by atoms with Gasteiger partial charge in [-0.3, -0.25) is 0 Å². The fourth-order valence-corrected chi connectivity index (χ4v) is 7.74. The Balaban J connectivity index is 1.30. The molecule has 5 rings (SSSR count). The predicted molar refractivity (Wildman–Crippen MR) is 121 cm³/mol. The summed E-state index contributed by atoms with van der Waals surface area (Å²) < 4.78 is 55.1. The second-order valence-corrected chi connectivity index (χ2v) is 13.2. The molecule has 1 spiro atoms. The third kappa shape index (κ3) is 3.79. The molecule has 2 aromatic heterocycles. The Hall–Kier alpha value is -1.80. The zero-order chi connectivity index (χ0) is 22.7. The van der Waals surface area contributed by atoms with Crippen LogP contribution in [0.5, 0.6) is 0 Å². The summed E-state index contributed by atoms with van der Waals surface area (Å²) >= 11 is 0. The third-order valence-electron chi connectivity index (χ3n) is 6.95. The van der Waals surface area contributed by atoms with Crippen LogP contribution in [0.2, 0.25) is 0 Å². The van der Waals surface area contributed by atoms with Gasteiger partial charge in [0.25, 0.3) is 10.2 Å². The lowest BCUT2D eigenvalue weighted by Crippen LogP contribution is -2.60. The molecule has 2 aliphatic heterocycles. The Kier molecular flexibility index (Phi) is 5.24. The highest BCUT2D eigenvalue weighted by molar-refractivity contribution is 7.88. The van der Waals surface area contributed by atoms with Crippen LogP contribution in [0.4, 0.5) is 5.82 Å². The Morgan fingerprint density at radius 2 is 1.97 bits per heavy atom. The van der Waals surface area contributed by atoms with Crippen molar-refractivity contribution in [2.45, 2.75) is 24.8 Å². The van der Waals surface area contributed by atoms with Crippen molar-refractivity contribution >= 4 is 37.1 Å². The SMILES string of the molecule is CN(CC1CCN(S(C)(=O)=O)C1)S(=O)(=O)N1CCN(c2ncnc3[nH]ccc23)CC12CC2. The zero-order valence-electron chi connectivity index (χ0n) is 18.3. The van der Waals surface area contributed by atoms with Gasteiger partial charge in [0.1, 0.15) is 17.8 Å². The molecule has 0 bridgehead atoms. The first-order valence-corrected chi connectivity index (χ1v) is 14.1. The van der Waals surface area contributed by atoms with Crippen molar-refractivity contribution in [3.63, 3.8) is 0 Å². The minimum absolute atomic E-state index is 0.00355. The minimum Gasteiger partial charge on any atom is -0.353 e. The molecule has 1 unspecified atom stereocenters. The number of hydrogen-bond acceptors (Lipinski definition) is 7. The molecule has 1 N–H and O–H groups in total. The number of nitrogens with one attached hydrogen (secondary N) is 1. The van der Waals surface area contributed by atoms with Crippen LogP contribution in [-0.4, -0.2) is 103 Å². The van der Waals surface area contributed by atoms with E-state index >= 15 is 0 Å². The number of aromatic amines is 1. The summed E-state index contributed by atoms with van der Waals surface area (Å²) in [4.78, 5) is 14.0. The molecule has 32 heavy (non-hydrogen) atoms. The number of sulfonamides is 1. The Labute approximate surface area is 188 Å². The van der Waals surface area contributed by atoms with E-state index in [1.54, 1.807) is 11.4 Å². The number of rotatable bonds is 6. The molecule has 0 radical (unpaired) electrons. The molecule has 0 amide bonds. The van der Waals surface area contributed by atoms with E-state index in [4.69, 9.17) is 0 Å². The van der Waals surface area contributed by atoms with E-state index in [0.29, 0.717) is 45.7 Å². The summed E-state index contributed by atoms with van der Waals surface area (Å²) in [6.45, 7) is 2.69. The molecule has 3 fully saturated rings. The van der Waals surface area contributed by atoms with Crippen molar-refractivity contribution in [2.75, 3.05) is 57.5 Å². The lowest BCUT2D eigenvalue weighted by Gasteiger charge is -2.43. The normalized spacial score (nSPS) is 24.7. The van der Waals surface area contributed by atoms with Crippen LogP contribution in [0.15, 0.2) is 18.6 Å². The first kappa shape index (κ1) is 22.0. The standard InChI is InChI=1S/C19H29N7O4S2/c1-23(11-15-4-8-25(12-15)31(2,27)28)32(29,30)26-10-9-24(13-19(26)5-6-19)18-16-3-7-20-17(16)21-14-22-18/h3,7,14-15H,4-6,8-13H2,1-2H3,(H,20,21,22). The molecule has 1 atom stereocenters. The van der Waals surface area contributed by atoms with E-state index in [1.807, 2.05) is 12.3 Å². The Bertz CT molecular complexity index is 1230. The van der Waals surface area contributed by atoms with Crippen LogP contribution >= 0.6 is 0 Å². The van der Waals surface area contributed by atoms with Crippen molar-refractivity contribution in [3.05, 3.63) is 18.6 Å². The van der Waals surface area contributed by atoms with Gasteiger partial charge in [-0.05, 0) is 31.2 Å². The van der Waals surface area contributed by atoms with Crippen LogP contribution in [0.1, 0.15) is 19.3 Å². The van der Waals surface area contributed by atoms with Crippen molar-refractivity contribution in [2.24, 2.45) is 5.92 Å². The van der Waals surface area contributed by atoms with Gasteiger partial charge in [-0.1, -0.05) is 0 Å². The van der Waals surface area contributed by atoms with Gasteiger partial charge in [-0.15, -0.1) is 0 Å². The molecular formula is C19H29N7O4S2. The Morgan fingerprint density at radius 3 is 2.66 bits per heavy atom. The minimum atomic E-state index is -3.65. The van der Waals surface area contributed by atoms with Crippen molar-refractivity contribution in [1.82, 2.24) is 27.9 Å². The third-order valence-corrected chi connectivity index (χ3v) is 10.3. The van der Waals surface area contributed by atoms with Gasteiger partial charge in [0.15, 0.2) is 0 Å². The second-order valence-electron chi connectivity index (χ2n) is 9.22. The molecule has 2 saturated heterocycles. The number of nitrogens with zero attached hydrogens (tertiary/aromatic N) is 6. The number of anilines is 1. The van der Waals surface area contributed by atoms with Crippen LogP contribution < -0.4 is 4.90 Å². The maximum absolute atomic E-state index is 13.5. The smallest absolute Gasteiger partial charge is 0.282 e. The Morgan fingerprint density at radius 1 is 1.19 bits per heavy atom. The molecule has 1 saturated carbocycles. The average Bonchev–Trinajstić information content (AvgIpc) is 3.15. The fraction of sp³-hybridized carbons (Fsp3) is 0.684. The monoisotopic (exact) mass is 483 g/mol. The highest BCUT2D eigenvalue weighted by Crippen LogP contribution is 2.47. The van der Waals surface area contributed by atoms with Crippen LogP contribution in [-0.2, 0) is 20.2 Å². The summed E-state index contributed by atoms with van der Waals surface area (Å²) in [7, 11) is -5.29. The summed E-state index contributed by atoms with van der Waals surface area (Å²) in [5, 5.41) is 0.938. The van der Waals surface area contributed by atoms with Crippen molar-refractivity contribution in [3.8, 4) is 0 Å². The van der Waals surface area contributed by atoms with Crippen molar-refractivity contribution in [1.29, 1.82) is 0 Å². The van der Waals surface area contributed by atoms with Crippen molar-refractivity contribution < 1.29 is 16.8 Å². The van der Waals surface area contributed by atoms with E-state index in [9.17, 15) is 16.8 Å². The number of piperazine rings is 1. The van der Waals surface area contributed by atoms with E-state index in [0.717, 1.165) is 29.7 Å². The quantitative estimate of drug-likeness (QED) is 0.617. The molecule has 4 heterocycles. The molecule has 11 nitrogen and oxygen atoms in total. The van der Waals surface area contributed by atoms with E-state index < -0.39 is 25.8 Å². The maximum atomic E-state index is 13.5. The first-order chi connectivity index (χ1) is 15.1. The molecule has 3 aliphatic rings.